The predicted octanol–water partition coefficient (Wildman–Crippen LogP) is 1.19. The first-order valence-corrected chi connectivity index (χ1v) is 4.72. The average molecular weight is 244 g/mol. The van der Waals surface area contributed by atoms with Gasteiger partial charge in [0.05, 0.1) is 20.3 Å². The van der Waals surface area contributed by atoms with Gasteiger partial charge in [-0.05, 0) is 18.6 Å². The molecule has 2 rings (SSSR count). The monoisotopic (exact) mass is 243 g/mol. The highest BCUT2D eigenvalue weighted by Crippen LogP contribution is 2.37. The van der Waals surface area contributed by atoms with Crippen molar-refractivity contribution in [2.45, 2.75) is 12.5 Å². The molecule has 88 valence electrons. The molecule has 0 aliphatic heterocycles. The van der Waals surface area contributed by atoms with Crippen LogP contribution in [0.25, 0.3) is 0 Å². The molecule has 0 saturated carbocycles. The number of carbonyl (C=O) groups is 1. The summed E-state index contributed by atoms with van der Waals surface area (Å²) in [6, 6.07) is 3.03. The summed E-state index contributed by atoms with van der Waals surface area (Å²) in [5.41, 5.74) is 7.21. The SMILES string of the molecule is COc1ccc2c(c1OC)CC(N)C2=O.Cl. The zero-order chi connectivity index (χ0) is 11.0. The van der Waals surface area contributed by atoms with E-state index in [1.165, 1.54) is 0 Å². The largest absolute Gasteiger partial charge is 0.493 e. The third kappa shape index (κ3) is 1.74. The van der Waals surface area contributed by atoms with E-state index in [2.05, 4.69) is 0 Å². The van der Waals surface area contributed by atoms with Gasteiger partial charge in [-0.1, -0.05) is 0 Å². The van der Waals surface area contributed by atoms with Gasteiger partial charge in [0.1, 0.15) is 0 Å². The van der Waals surface area contributed by atoms with Crippen molar-refractivity contribution in [3.8, 4) is 11.5 Å². The van der Waals surface area contributed by atoms with Crippen LogP contribution >= 0.6 is 12.4 Å². The van der Waals surface area contributed by atoms with Gasteiger partial charge in [-0.25, -0.2) is 0 Å². The molecule has 1 aliphatic carbocycles. The summed E-state index contributed by atoms with van der Waals surface area (Å²) in [6.45, 7) is 0. The lowest BCUT2D eigenvalue weighted by atomic mass is 10.1. The van der Waals surface area contributed by atoms with Gasteiger partial charge in [0.15, 0.2) is 17.3 Å². The van der Waals surface area contributed by atoms with Crippen LogP contribution in [0.1, 0.15) is 15.9 Å². The van der Waals surface area contributed by atoms with E-state index in [-0.39, 0.29) is 18.2 Å². The zero-order valence-electron chi connectivity index (χ0n) is 9.15. The number of fused-ring (bicyclic) bond motifs is 1. The minimum atomic E-state index is -0.444. The molecule has 0 aromatic heterocycles. The summed E-state index contributed by atoms with van der Waals surface area (Å²) < 4.78 is 10.4. The lowest BCUT2D eigenvalue weighted by Crippen LogP contribution is -2.26. The van der Waals surface area contributed by atoms with Crippen LogP contribution < -0.4 is 15.2 Å². The standard InChI is InChI=1S/C11H13NO3.ClH/c1-14-9-4-3-6-7(11(9)15-2)5-8(12)10(6)13;/h3-4,8H,5,12H2,1-2H3;1H. The van der Waals surface area contributed by atoms with Crippen LogP contribution in [-0.4, -0.2) is 26.0 Å². The van der Waals surface area contributed by atoms with Gasteiger partial charge in [0.25, 0.3) is 0 Å². The Morgan fingerprint density at radius 2 is 2.00 bits per heavy atom. The summed E-state index contributed by atoms with van der Waals surface area (Å²) in [7, 11) is 3.13. The van der Waals surface area contributed by atoms with Crippen molar-refractivity contribution < 1.29 is 14.3 Å². The third-order valence-corrected chi connectivity index (χ3v) is 2.67. The van der Waals surface area contributed by atoms with Gasteiger partial charge in [-0.15, -0.1) is 12.4 Å². The van der Waals surface area contributed by atoms with Crippen molar-refractivity contribution in [3.05, 3.63) is 23.3 Å². The topological polar surface area (TPSA) is 61.6 Å². The van der Waals surface area contributed by atoms with Gasteiger partial charge in [0, 0.05) is 11.1 Å². The number of benzene rings is 1. The number of Topliss-reactive ketones (excluding diaryl/α,β-unsaturated/α-hetero) is 1. The molecule has 1 aromatic rings. The van der Waals surface area contributed by atoms with Crippen molar-refractivity contribution in [1.29, 1.82) is 0 Å². The van der Waals surface area contributed by atoms with Crippen molar-refractivity contribution in [2.24, 2.45) is 5.73 Å². The number of rotatable bonds is 2. The van der Waals surface area contributed by atoms with E-state index in [1.54, 1.807) is 26.4 Å². The van der Waals surface area contributed by atoms with Crippen LogP contribution in [0.3, 0.4) is 0 Å². The molecule has 5 heteroatoms. The number of hydrogen-bond acceptors (Lipinski definition) is 4. The highest BCUT2D eigenvalue weighted by atomic mass is 35.5. The Morgan fingerprint density at radius 3 is 2.56 bits per heavy atom. The quantitative estimate of drug-likeness (QED) is 0.848. The number of hydrogen-bond donors (Lipinski definition) is 1. The van der Waals surface area contributed by atoms with Crippen LogP contribution in [0.15, 0.2) is 12.1 Å². The van der Waals surface area contributed by atoms with Crippen LogP contribution in [-0.2, 0) is 6.42 Å². The highest BCUT2D eigenvalue weighted by Gasteiger charge is 2.31. The number of methoxy groups -OCH3 is 2. The second-order valence-electron chi connectivity index (χ2n) is 3.50. The van der Waals surface area contributed by atoms with Gasteiger partial charge in [-0.2, -0.15) is 0 Å². The van der Waals surface area contributed by atoms with E-state index in [1.807, 2.05) is 0 Å². The predicted molar refractivity (Wildman–Crippen MR) is 62.8 cm³/mol. The Morgan fingerprint density at radius 1 is 1.31 bits per heavy atom. The van der Waals surface area contributed by atoms with Gasteiger partial charge >= 0.3 is 0 Å². The average Bonchev–Trinajstić information content (AvgIpc) is 2.54. The number of halogens is 1. The summed E-state index contributed by atoms with van der Waals surface area (Å²) in [4.78, 5) is 11.6. The fraction of sp³-hybridized carbons (Fsp3) is 0.364. The maximum Gasteiger partial charge on any atom is 0.180 e. The zero-order valence-corrected chi connectivity index (χ0v) is 9.97. The first-order valence-electron chi connectivity index (χ1n) is 4.72. The Kier molecular flexibility index (Phi) is 3.78. The first kappa shape index (κ1) is 12.8. The molecule has 0 fully saturated rings. The Bertz CT molecular complexity index is 420. The van der Waals surface area contributed by atoms with Crippen molar-refractivity contribution in [2.75, 3.05) is 14.2 Å². The highest BCUT2D eigenvalue weighted by molar-refractivity contribution is 6.05. The maximum absolute atomic E-state index is 11.6. The van der Waals surface area contributed by atoms with E-state index in [9.17, 15) is 4.79 Å². The van der Waals surface area contributed by atoms with E-state index < -0.39 is 6.04 Å². The summed E-state index contributed by atoms with van der Waals surface area (Å²) >= 11 is 0. The van der Waals surface area contributed by atoms with Crippen LogP contribution in [0.5, 0.6) is 11.5 Å². The molecular weight excluding hydrogens is 230 g/mol. The van der Waals surface area contributed by atoms with Crippen molar-refractivity contribution >= 4 is 18.2 Å². The number of ketones is 1. The number of ether oxygens (including phenoxy) is 2. The molecule has 1 atom stereocenters. The molecule has 0 saturated heterocycles. The second kappa shape index (κ2) is 4.72. The van der Waals surface area contributed by atoms with E-state index >= 15 is 0 Å². The second-order valence-corrected chi connectivity index (χ2v) is 3.50. The molecule has 1 aromatic carbocycles. The third-order valence-electron chi connectivity index (χ3n) is 2.67. The van der Waals surface area contributed by atoms with Crippen LogP contribution in [0, 0.1) is 0 Å². The minimum Gasteiger partial charge on any atom is -0.493 e. The molecule has 1 unspecified atom stereocenters. The minimum absolute atomic E-state index is 0. The molecule has 0 spiro atoms. The van der Waals surface area contributed by atoms with E-state index in [0.29, 0.717) is 23.5 Å². The van der Waals surface area contributed by atoms with E-state index in [4.69, 9.17) is 15.2 Å². The smallest absolute Gasteiger partial charge is 0.180 e. The van der Waals surface area contributed by atoms with Gasteiger partial charge < -0.3 is 15.2 Å². The normalized spacial score (nSPS) is 17.7. The summed E-state index contributed by atoms with van der Waals surface area (Å²) in [5.74, 6) is 1.24. The molecule has 16 heavy (non-hydrogen) atoms. The summed E-state index contributed by atoms with van der Waals surface area (Å²) in [6.07, 6.45) is 0.522. The fourth-order valence-corrected chi connectivity index (χ4v) is 1.94. The lowest BCUT2D eigenvalue weighted by Gasteiger charge is -2.10. The molecule has 2 N–H and O–H groups in total. The molecule has 0 bridgehead atoms. The Hall–Kier alpha value is -1.26. The molecule has 4 nitrogen and oxygen atoms in total. The first-order chi connectivity index (χ1) is 7.19. The molecule has 0 heterocycles. The van der Waals surface area contributed by atoms with E-state index in [0.717, 1.165) is 5.56 Å². The summed E-state index contributed by atoms with van der Waals surface area (Å²) in [5, 5.41) is 0. The van der Waals surface area contributed by atoms with Gasteiger partial charge in [-0.3, -0.25) is 4.79 Å². The number of carbonyl (C=O) groups excluding carboxylic acids is 1. The lowest BCUT2D eigenvalue weighted by molar-refractivity contribution is 0.0974. The maximum atomic E-state index is 11.6. The van der Waals surface area contributed by atoms with Crippen molar-refractivity contribution in [3.63, 3.8) is 0 Å². The van der Waals surface area contributed by atoms with Crippen LogP contribution in [0.2, 0.25) is 0 Å². The van der Waals surface area contributed by atoms with Gasteiger partial charge in [0.2, 0.25) is 0 Å². The molecule has 1 aliphatic rings. The number of nitrogens with two attached hydrogens (primary N) is 1. The Balaban J connectivity index is 0.00000128. The fourth-order valence-electron chi connectivity index (χ4n) is 1.94. The molecule has 0 radical (unpaired) electrons. The molecular formula is C11H14ClNO3. The van der Waals surface area contributed by atoms with Crippen molar-refractivity contribution in [1.82, 2.24) is 0 Å². The Labute approximate surface area is 100 Å². The van der Waals surface area contributed by atoms with Crippen LogP contribution in [0.4, 0.5) is 0 Å². The molecule has 0 amide bonds.